The minimum atomic E-state index is -1.10. The lowest BCUT2D eigenvalue weighted by atomic mass is 10.2. The average Bonchev–Trinajstić information content (AvgIpc) is 3.04. The third kappa shape index (κ3) is 4.56. The lowest BCUT2D eigenvalue weighted by molar-refractivity contribution is -0.126. The maximum atomic E-state index is 13.4. The van der Waals surface area contributed by atoms with Crippen molar-refractivity contribution in [2.45, 2.75) is 19.4 Å². The Labute approximate surface area is 175 Å². The molecule has 1 heterocycles. The molecule has 3 aromatic rings. The fourth-order valence-corrected chi connectivity index (χ4v) is 4.21. The van der Waals surface area contributed by atoms with Gasteiger partial charge in [-0.3, -0.25) is 4.79 Å². The minimum Gasteiger partial charge on any atom is -0.448 e. The van der Waals surface area contributed by atoms with Gasteiger partial charge in [0.05, 0.1) is 17.5 Å². The van der Waals surface area contributed by atoms with Crippen LogP contribution in [0.5, 0.6) is 0 Å². The molecule has 0 fully saturated rings. The number of halogens is 2. The highest BCUT2D eigenvalue weighted by atomic mass is 35.5. The zero-order chi connectivity index (χ0) is 21.0. The summed E-state index contributed by atoms with van der Waals surface area (Å²) in [6.07, 6.45) is -0.964. The fourth-order valence-electron chi connectivity index (χ4n) is 2.79. The number of ether oxygens (including phenoxy) is 1. The summed E-state index contributed by atoms with van der Waals surface area (Å²) in [6.45, 7) is 1.63. The summed E-state index contributed by atoms with van der Waals surface area (Å²) in [5, 5.41) is 9.59. The summed E-state index contributed by atoms with van der Waals surface area (Å²) < 4.78 is 19.3. The van der Waals surface area contributed by atoms with Gasteiger partial charge in [-0.1, -0.05) is 29.8 Å². The van der Waals surface area contributed by atoms with Gasteiger partial charge in [0.2, 0.25) is 0 Å². The molecule has 0 aliphatic carbocycles. The van der Waals surface area contributed by atoms with E-state index < -0.39 is 23.8 Å². The Morgan fingerprint density at radius 2 is 2.00 bits per heavy atom. The van der Waals surface area contributed by atoms with Crippen molar-refractivity contribution in [1.29, 1.82) is 5.26 Å². The van der Waals surface area contributed by atoms with Crippen molar-refractivity contribution in [2.24, 2.45) is 0 Å². The van der Waals surface area contributed by atoms with Gasteiger partial charge in [-0.25, -0.2) is 9.18 Å². The lowest BCUT2D eigenvalue weighted by Gasteiger charge is -2.25. The van der Waals surface area contributed by atoms with E-state index in [4.69, 9.17) is 21.6 Å². The second-order valence-corrected chi connectivity index (χ2v) is 7.60. The van der Waals surface area contributed by atoms with E-state index in [1.807, 2.05) is 12.1 Å². The predicted molar refractivity (Wildman–Crippen MR) is 111 cm³/mol. The van der Waals surface area contributed by atoms with Crippen LogP contribution in [0.1, 0.15) is 23.0 Å². The van der Waals surface area contributed by atoms with Crippen molar-refractivity contribution < 1.29 is 18.7 Å². The average molecular weight is 431 g/mol. The number of hydrogen-bond donors (Lipinski definition) is 0. The Morgan fingerprint density at radius 3 is 2.69 bits per heavy atom. The number of nitriles is 1. The number of para-hydroxylation sites is 1. The Bertz CT molecular complexity index is 1090. The van der Waals surface area contributed by atoms with E-state index in [0.29, 0.717) is 15.8 Å². The molecule has 1 aromatic heterocycles. The van der Waals surface area contributed by atoms with Crippen LogP contribution in [0.4, 0.5) is 10.1 Å². The van der Waals surface area contributed by atoms with Crippen LogP contribution in [0.3, 0.4) is 0 Å². The molecule has 8 heteroatoms. The van der Waals surface area contributed by atoms with Crippen molar-refractivity contribution in [1.82, 2.24) is 0 Å². The maximum Gasteiger partial charge on any atom is 0.350 e. The first kappa shape index (κ1) is 20.8. The Morgan fingerprint density at radius 1 is 1.28 bits per heavy atom. The van der Waals surface area contributed by atoms with Crippen LogP contribution in [0.2, 0.25) is 5.02 Å². The molecule has 0 N–H and O–H groups in total. The molecule has 0 aliphatic rings. The first-order valence-electron chi connectivity index (χ1n) is 8.74. The molecule has 0 aliphatic heterocycles. The van der Waals surface area contributed by atoms with Gasteiger partial charge in [0.15, 0.2) is 6.10 Å². The molecule has 1 unspecified atom stereocenters. The van der Waals surface area contributed by atoms with Crippen LogP contribution >= 0.6 is 22.9 Å². The molecule has 5 nitrogen and oxygen atoms in total. The number of anilines is 1. The van der Waals surface area contributed by atoms with Gasteiger partial charge in [0, 0.05) is 22.3 Å². The molecule has 3 rings (SSSR count). The van der Waals surface area contributed by atoms with Crippen LogP contribution in [-0.2, 0) is 9.53 Å². The van der Waals surface area contributed by atoms with Crippen LogP contribution < -0.4 is 4.90 Å². The number of thiophene rings is 1. The van der Waals surface area contributed by atoms with Crippen LogP contribution in [0, 0.1) is 17.1 Å². The second kappa shape index (κ2) is 9.03. The first-order chi connectivity index (χ1) is 13.9. The van der Waals surface area contributed by atoms with Crippen molar-refractivity contribution in [3.63, 3.8) is 0 Å². The molecule has 0 spiro atoms. The van der Waals surface area contributed by atoms with Gasteiger partial charge in [-0.2, -0.15) is 5.26 Å². The molecule has 148 valence electrons. The summed E-state index contributed by atoms with van der Waals surface area (Å²) >= 11 is 7.25. The molecular weight excluding hydrogens is 415 g/mol. The van der Waals surface area contributed by atoms with E-state index >= 15 is 0 Å². The van der Waals surface area contributed by atoms with Crippen molar-refractivity contribution in [3.05, 3.63) is 64.2 Å². The monoisotopic (exact) mass is 430 g/mol. The fraction of sp³-hybridized carbons (Fsp3) is 0.190. The topological polar surface area (TPSA) is 70.4 Å². The summed E-state index contributed by atoms with van der Waals surface area (Å²) in [5.41, 5.74) is 0.603. The minimum absolute atomic E-state index is 0.107. The molecule has 29 heavy (non-hydrogen) atoms. The van der Waals surface area contributed by atoms with Crippen LogP contribution in [-0.4, -0.2) is 24.5 Å². The third-order valence-electron chi connectivity index (χ3n) is 4.19. The molecule has 1 amide bonds. The van der Waals surface area contributed by atoms with E-state index in [9.17, 15) is 14.0 Å². The zero-order valence-corrected chi connectivity index (χ0v) is 17.0. The molecule has 0 saturated carbocycles. The highest BCUT2D eigenvalue weighted by Crippen LogP contribution is 2.36. The zero-order valence-electron chi connectivity index (χ0n) is 15.4. The Balaban J connectivity index is 1.80. The summed E-state index contributed by atoms with van der Waals surface area (Å²) in [5.74, 6) is -1.65. The lowest BCUT2D eigenvalue weighted by Crippen LogP contribution is -2.40. The number of nitrogens with zero attached hydrogens (tertiary/aromatic N) is 2. The molecule has 0 bridgehead atoms. The van der Waals surface area contributed by atoms with Crippen LogP contribution in [0.25, 0.3) is 10.1 Å². The molecule has 0 saturated heterocycles. The molecular formula is C21H16ClFN2O3S. The smallest absolute Gasteiger partial charge is 0.350 e. The largest absolute Gasteiger partial charge is 0.448 e. The van der Waals surface area contributed by atoms with E-state index in [2.05, 4.69) is 0 Å². The summed E-state index contributed by atoms with van der Waals surface area (Å²) in [6, 6.07) is 14.9. The number of amides is 1. The predicted octanol–water partition coefficient (Wildman–Crippen LogP) is 5.19. The van der Waals surface area contributed by atoms with Gasteiger partial charge >= 0.3 is 5.97 Å². The number of rotatable bonds is 6. The number of carbonyl (C=O) groups is 2. The van der Waals surface area contributed by atoms with E-state index in [-0.39, 0.29) is 22.9 Å². The van der Waals surface area contributed by atoms with Gasteiger partial charge in [-0.05, 0) is 37.3 Å². The highest BCUT2D eigenvalue weighted by Gasteiger charge is 2.27. The summed E-state index contributed by atoms with van der Waals surface area (Å²) in [7, 11) is 0. The van der Waals surface area contributed by atoms with E-state index in [1.165, 1.54) is 30.0 Å². The van der Waals surface area contributed by atoms with Crippen LogP contribution in [0.15, 0.2) is 48.5 Å². The highest BCUT2D eigenvalue weighted by molar-refractivity contribution is 7.21. The quantitative estimate of drug-likeness (QED) is 0.505. The standard InChI is InChI=1S/C21H16ClFN2O3S/c1-13(20(26)25(11-5-10-24)15-6-3-2-4-7-15)28-21(27)19-18(22)16-9-8-14(23)12-17(16)29-19/h2-4,6-9,12-13H,5,11H2,1H3. The first-order valence-corrected chi connectivity index (χ1v) is 9.93. The molecule has 0 radical (unpaired) electrons. The van der Waals surface area contributed by atoms with E-state index in [1.54, 1.807) is 24.3 Å². The van der Waals surface area contributed by atoms with Gasteiger partial charge in [-0.15, -0.1) is 11.3 Å². The number of esters is 1. The maximum absolute atomic E-state index is 13.4. The third-order valence-corrected chi connectivity index (χ3v) is 5.83. The van der Waals surface area contributed by atoms with Gasteiger partial charge in [0.1, 0.15) is 10.7 Å². The van der Waals surface area contributed by atoms with Crippen molar-refractivity contribution in [3.8, 4) is 6.07 Å². The number of fused-ring (bicyclic) bond motifs is 1. The Kier molecular flexibility index (Phi) is 6.47. The number of carbonyl (C=O) groups excluding carboxylic acids is 2. The SMILES string of the molecule is CC(OC(=O)c1sc2cc(F)ccc2c1Cl)C(=O)N(CCC#N)c1ccccc1. The van der Waals surface area contributed by atoms with Crippen molar-refractivity contribution in [2.75, 3.05) is 11.4 Å². The molecule has 1 atom stereocenters. The number of benzene rings is 2. The van der Waals surface area contributed by atoms with E-state index in [0.717, 1.165) is 11.3 Å². The Hall–Kier alpha value is -2.95. The normalized spacial score (nSPS) is 11.7. The number of hydrogen-bond acceptors (Lipinski definition) is 5. The van der Waals surface area contributed by atoms with Gasteiger partial charge in [0.25, 0.3) is 5.91 Å². The summed E-state index contributed by atoms with van der Waals surface area (Å²) in [4.78, 5) is 27.0. The molecule has 2 aromatic carbocycles. The second-order valence-electron chi connectivity index (χ2n) is 6.17. The van der Waals surface area contributed by atoms with Gasteiger partial charge < -0.3 is 9.64 Å². The van der Waals surface area contributed by atoms with Crippen molar-refractivity contribution >= 4 is 50.6 Å².